The lowest BCUT2D eigenvalue weighted by Gasteiger charge is -2.38. The molecule has 0 aromatic rings. The molecule has 2 rings (SSSR count). The molecule has 1 aliphatic carbocycles. The molecule has 1 atom stereocenters. The van der Waals surface area contributed by atoms with Crippen LogP contribution in [0.2, 0.25) is 0 Å². The molecule has 1 unspecified atom stereocenters. The predicted molar refractivity (Wildman–Crippen MR) is 68.6 cm³/mol. The Bertz CT molecular complexity index is 186. The van der Waals surface area contributed by atoms with Gasteiger partial charge in [0.25, 0.3) is 0 Å². The molecule has 1 aliphatic heterocycles. The van der Waals surface area contributed by atoms with Crippen LogP contribution in [0.3, 0.4) is 0 Å². The fraction of sp³-hybridized carbons (Fsp3) is 1.00. The monoisotopic (exact) mass is 228 g/mol. The van der Waals surface area contributed by atoms with Crippen LogP contribution in [0.15, 0.2) is 0 Å². The zero-order valence-electron chi connectivity index (χ0n) is 9.85. The molecule has 1 heterocycles. The van der Waals surface area contributed by atoms with Gasteiger partial charge in [0.1, 0.15) is 0 Å². The summed E-state index contributed by atoms with van der Waals surface area (Å²) in [7, 11) is 0. The second-order valence-electron chi connectivity index (χ2n) is 5.36. The second kappa shape index (κ2) is 5.55. The SMILES string of the molecule is CC1(CNCCC2CSCCN2)CCC1. The highest BCUT2D eigenvalue weighted by Gasteiger charge is 2.30. The Morgan fingerprint density at radius 3 is 2.93 bits per heavy atom. The van der Waals surface area contributed by atoms with Crippen molar-refractivity contribution in [1.29, 1.82) is 0 Å². The van der Waals surface area contributed by atoms with Gasteiger partial charge in [-0.2, -0.15) is 11.8 Å². The molecule has 1 saturated heterocycles. The van der Waals surface area contributed by atoms with Crippen LogP contribution in [0, 0.1) is 5.41 Å². The lowest BCUT2D eigenvalue weighted by molar-refractivity contribution is 0.156. The lowest BCUT2D eigenvalue weighted by Crippen LogP contribution is -2.42. The molecule has 3 heteroatoms. The summed E-state index contributed by atoms with van der Waals surface area (Å²) in [4.78, 5) is 0. The molecule has 2 nitrogen and oxygen atoms in total. The highest BCUT2D eigenvalue weighted by Crippen LogP contribution is 2.39. The molecule has 15 heavy (non-hydrogen) atoms. The number of thioether (sulfide) groups is 1. The van der Waals surface area contributed by atoms with Crippen molar-refractivity contribution in [2.75, 3.05) is 31.1 Å². The van der Waals surface area contributed by atoms with E-state index in [2.05, 4.69) is 29.3 Å². The van der Waals surface area contributed by atoms with Gasteiger partial charge < -0.3 is 10.6 Å². The van der Waals surface area contributed by atoms with Crippen molar-refractivity contribution in [2.45, 2.75) is 38.6 Å². The fourth-order valence-corrected chi connectivity index (χ4v) is 3.43. The van der Waals surface area contributed by atoms with Gasteiger partial charge in [-0.05, 0) is 31.2 Å². The Hall–Kier alpha value is 0.270. The fourth-order valence-electron chi connectivity index (χ4n) is 2.43. The van der Waals surface area contributed by atoms with Crippen LogP contribution >= 0.6 is 11.8 Å². The van der Waals surface area contributed by atoms with Crippen molar-refractivity contribution >= 4 is 11.8 Å². The minimum Gasteiger partial charge on any atom is -0.316 e. The van der Waals surface area contributed by atoms with E-state index in [0.29, 0.717) is 5.41 Å². The van der Waals surface area contributed by atoms with Gasteiger partial charge in [-0.3, -0.25) is 0 Å². The van der Waals surface area contributed by atoms with Gasteiger partial charge in [0.2, 0.25) is 0 Å². The van der Waals surface area contributed by atoms with Crippen molar-refractivity contribution in [3.05, 3.63) is 0 Å². The molecule has 0 aromatic heterocycles. The van der Waals surface area contributed by atoms with Crippen LogP contribution < -0.4 is 10.6 Å². The molecule has 2 aliphatic rings. The van der Waals surface area contributed by atoms with Crippen LogP contribution in [0.4, 0.5) is 0 Å². The smallest absolute Gasteiger partial charge is 0.0170 e. The highest BCUT2D eigenvalue weighted by molar-refractivity contribution is 7.99. The maximum atomic E-state index is 3.63. The molecule has 2 fully saturated rings. The number of hydrogen-bond donors (Lipinski definition) is 2. The van der Waals surface area contributed by atoms with E-state index in [0.717, 1.165) is 6.04 Å². The maximum absolute atomic E-state index is 3.63. The molecule has 0 radical (unpaired) electrons. The Kier molecular flexibility index (Phi) is 4.35. The van der Waals surface area contributed by atoms with E-state index in [4.69, 9.17) is 0 Å². The topological polar surface area (TPSA) is 24.1 Å². The normalized spacial score (nSPS) is 29.8. The zero-order valence-corrected chi connectivity index (χ0v) is 10.7. The summed E-state index contributed by atoms with van der Waals surface area (Å²) in [6.07, 6.45) is 5.59. The zero-order chi connectivity index (χ0) is 10.6. The molecule has 1 saturated carbocycles. The van der Waals surface area contributed by atoms with Crippen molar-refractivity contribution in [3.63, 3.8) is 0 Å². The summed E-state index contributed by atoms with van der Waals surface area (Å²) in [5.41, 5.74) is 0.634. The van der Waals surface area contributed by atoms with Crippen LogP contribution in [-0.4, -0.2) is 37.2 Å². The number of rotatable bonds is 5. The first kappa shape index (κ1) is 11.7. The summed E-state index contributed by atoms with van der Waals surface area (Å²) in [6, 6.07) is 0.755. The molecule has 0 spiro atoms. The first-order valence-electron chi connectivity index (χ1n) is 6.30. The van der Waals surface area contributed by atoms with E-state index in [1.54, 1.807) is 0 Å². The summed E-state index contributed by atoms with van der Waals surface area (Å²) < 4.78 is 0. The van der Waals surface area contributed by atoms with E-state index in [1.165, 1.54) is 56.8 Å². The molecule has 0 amide bonds. The van der Waals surface area contributed by atoms with Gasteiger partial charge in [-0.25, -0.2) is 0 Å². The van der Waals surface area contributed by atoms with Gasteiger partial charge in [0, 0.05) is 30.6 Å². The molecule has 2 N–H and O–H groups in total. The van der Waals surface area contributed by atoms with Crippen molar-refractivity contribution < 1.29 is 0 Å². The second-order valence-corrected chi connectivity index (χ2v) is 6.51. The standard InChI is InChI=1S/C12H24N2S/c1-12(4-2-5-12)10-13-6-3-11-9-15-8-7-14-11/h11,13-14H,2-10H2,1H3. The van der Waals surface area contributed by atoms with Crippen LogP contribution in [0.25, 0.3) is 0 Å². The third kappa shape index (κ3) is 3.65. The molecule has 0 aromatic carbocycles. The quantitative estimate of drug-likeness (QED) is 0.702. The lowest BCUT2D eigenvalue weighted by atomic mass is 9.70. The van der Waals surface area contributed by atoms with Gasteiger partial charge in [0.15, 0.2) is 0 Å². The van der Waals surface area contributed by atoms with E-state index in [9.17, 15) is 0 Å². The Morgan fingerprint density at radius 2 is 2.33 bits per heavy atom. The Balaban J connectivity index is 1.50. The van der Waals surface area contributed by atoms with Gasteiger partial charge in [-0.1, -0.05) is 13.3 Å². The summed E-state index contributed by atoms with van der Waals surface area (Å²) in [5, 5.41) is 7.21. The average molecular weight is 228 g/mol. The van der Waals surface area contributed by atoms with Crippen LogP contribution in [-0.2, 0) is 0 Å². The third-order valence-corrected chi connectivity index (χ3v) is 4.91. The van der Waals surface area contributed by atoms with E-state index >= 15 is 0 Å². The van der Waals surface area contributed by atoms with Crippen molar-refractivity contribution in [3.8, 4) is 0 Å². The summed E-state index contributed by atoms with van der Waals surface area (Å²) in [5.74, 6) is 2.60. The molecular formula is C12H24N2S. The predicted octanol–water partition coefficient (Wildman–Crippen LogP) is 1.86. The van der Waals surface area contributed by atoms with Gasteiger partial charge >= 0.3 is 0 Å². The van der Waals surface area contributed by atoms with E-state index in [-0.39, 0.29) is 0 Å². The minimum absolute atomic E-state index is 0.634. The third-order valence-electron chi connectivity index (χ3n) is 3.78. The van der Waals surface area contributed by atoms with Gasteiger partial charge in [0.05, 0.1) is 0 Å². The Labute approximate surface area is 98.0 Å². The largest absolute Gasteiger partial charge is 0.316 e. The molecule has 88 valence electrons. The molecule has 0 bridgehead atoms. The summed E-state index contributed by atoms with van der Waals surface area (Å²) in [6.45, 7) is 6.03. The first-order chi connectivity index (χ1) is 7.29. The van der Waals surface area contributed by atoms with Gasteiger partial charge in [-0.15, -0.1) is 0 Å². The first-order valence-corrected chi connectivity index (χ1v) is 7.46. The van der Waals surface area contributed by atoms with Crippen LogP contribution in [0.5, 0.6) is 0 Å². The average Bonchev–Trinajstić information content (AvgIpc) is 2.23. The minimum atomic E-state index is 0.634. The number of nitrogens with one attached hydrogen (secondary N) is 2. The number of hydrogen-bond acceptors (Lipinski definition) is 3. The maximum Gasteiger partial charge on any atom is 0.0170 e. The Morgan fingerprint density at radius 1 is 1.47 bits per heavy atom. The van der Waals surface area contributed by atoms with E-state index < -0.39 is 0 Å². The molecular weight excluding hydrogens is 204 g/mol. The summed E-state index contributed by atoms with van der Waals surface area (Å²) >= 11 is 2.09. The van der Waals surface area contributed by atoms with E-state index in [1.807, 2.05) is 0 Å². The van der Waals surface area contributed by atoms with Crippen molar-refractivity contribution in [1.82, 2.24) is 10.6 Å². The highest BCUT2D eigenvalue weighted by atomic mass is 32.2. The van der Waals surface area contributed by atoms with Crippen molar-refractivity contribution in [2.24, 2.45) is 5.41 Å². The van der Waals surface area contributed by atoms with Crippen LogP contribution in [0.1, 0.15) is 32.6 Å².